The number of anilines is 1. The molecule has 1 amide bonds. The van der Waals surface area contributed by atoms with Crippen LogP contribution in [0.4, 0.5) is 10.5 Å². The maximum atomic E-state index is 10.4. The lowest BCUT2D eigenvalue weighted by Crippen LogP contribution is -2.06. The minimum atomic E-state index is -1.07. The molecule has 0 unspecified atom stereocenters. The largest absolute Gasteiger partial charge is 0.465 e. The van der Waals surface area contributed by atoms with Crippen molar-refractivity contribution in [2.75, 3.05) is 5.32 Å². The molecule has 0 aliphatic heterocycles. The molecule has 5 nitrogen and oxygen atoms in total. The zero-order valence-corrected chi connectivity index (χ0v) is 9.07. The van der Waals surface area contributed by atoms with Crippen LogP contribution in [0.5, 0.6) is 0 Å². The molecule has 0 atom stereocenters. The minimum Gasteiger partial charge on any atom is -0.465 e. The molecule has 3 N–H and O–H groups in total. The van der Waals surface area contributed by atoms with Gasteiger partial charge < -0.3 is 5.11 Å². The highest BCUT2D eigenvalue weighted by atomic mass is 127. The first-order chi connectivity index (χ1) is 6.66. The molecular weight excluding hydrogens is 297 g/mol. The topological polar surface area (TPSA) is 78.0 Å². The van der Waals surface area contributed by atoms with Gasteiger partial charge in [-0.3, -0.25) is 10.4 Å². The lowest BCUT2D eigenvalue weighted by atomic mass is 10.2. The summed E-state index contributed by atoms with van der Waals surface area (Å²) in [6.07, 6.45) is -1.07. The monoisotopic (exact) mass is 303 g/mol. The summed E-state index contributed by atoms with van der Waals surface area (Å²) in [5.74, 6) is 0. The third kappa shape index (κ3) is 1.65. The Balaban J connectivity index is 2.49. The highest BCUT2D eigenvalue weighted by molar-refractivity contribution is 14.1. The molecule has 0 bridgehead atoms. The van der Waals surface area contributed by atoms with Crippen molar-refractivity contribution >= 4 is 45.3 Å². The van der Waals surface area contributed by atoms with Crippen LogP contribution in [0.1, 0.15) is 0 Å². The molecule has 0 spiro atoms. The predicted molar refractivity (Wildman–Crippen MR) is 60.5 cm³/mol. The summed E-state index contributed by atoms with van der Waals surface area (Å²) in [7, 11) is 0. The second-order valence-corrected chi connectivity index (χ2v) is 3.73. The van der Waals surface area contributed by atoms with Crippen LogP contribution in [0.2, 0.25) is 0 Å². The van der Waals surface area contributed by atoms with E-state index in [1.165, 1.54) is 0 Å². The standard InChI is InChI=1S/C8H6IN3O2/c9-7-5-3-4(10-8(13)14)1-2-6(5)11-12-7/h1-3,10H,(H,11,12)(H,13,14). The van der Waals surface area contributed by atoms with Gasteiger partial charge in [-0.25, -0.2) is 4.79 Å². The van der Waals surface area contributed by atoms with Crippen molar-refractivity contribution in [1.82, 2.24) is 10.2 Å². The van der Waals surface area contributed by atoms with Crippen molar-refractivity contribution in [2.45, 2.75) is 0 Å². The number of hydrogen-bond donors (Lipinski definition) is 3. The van der Waals surface area contributed by atoms with E-state index in [0.29, 0.717) is 5.69 Å². The Morgan fingerprint density at radius 1 is 1.57 bits per heavy atom. The maximum absolute atomic E-state index is 10.4. The first-order valence-corrected chi connectivity index (χ1v) is 4.88. The first-order valence-electron chi connectivity index (χ1n) is 3.80. The van der Waals surface area contributed by atoms with Crippen LogP contribution < -0.4 is 5.32 Å². The number of carbonyl (C=O) groups is 1. The predicted octanol–water partition coefficient (Wildman–Crippen LogP) is 2.26. The van der Waals surface area contributed by atoms with Crippen LogP contribution >= 0.6 is 22.6 Å². The molecule has 1 aromatic carbocycles. The Morgan fingerprint density at radius 2 is 2.36 bits per heavy atom. The normalized spacial score (nSPS) is 10.4. The van der Waals surface area contributed by atoms with E-state index in [1.54, 1.807) is 18.2 Å². The molecule has 0 aliphatic carbocycles. The summed E-state index contributed by atoms with van der Waals surface area (Å²) < 4.78 is 0.826. The molecule has 0 radical (unpaired) electrons. The van der Waals surface area contributed by atoms with Crippen molar-refractivity contribution in [3.8, 4) is 0 Å². The number of hydrogen-bond acceptors (Lipinski definition) is 2. The quantitative estimate of drug-likeness (QED) is 0.707. The summed E-state index contributed by atoms with van der Waals surface area (Å²) in [5.41, 5.74) is 1.44. The van der Waals surface area contributed by atoms with Crippen LogP contribution in [0, 0.1) is 3.70 Å². The molecule has 0 fully saturated rings. The highest BCUT2D eigenvalue weighted by Crippen LogP contribution is 2.21. The van der Waals surface area contributed by atoms with E-state index in [0.717, 1.165) is 14.6 Å². The van der Waals surface area contributed by atoms with Gasteiger partial charge in [-0.05, 0) is 40.8 Å². The Labute approximate surface area is 92.6 Å². The van der Waals surface area contributed by atoms with Crippen molar-refractivity contribution in [3.63, 3.8) is 0 Å². The van der Waals surface area contributed by atoms with Crippen LogP contribution in [-0.4, -0.2) is 21.4 Å². The van der Waals surface area contributed by atoms with Gasteiger partial charge >= 0.3 is 6.09 Å². The Bertz CT molecular complexity index is 494. The molecule has 14 heavy (non-hydrogen) atoms. The van der Waals surface area contributed by atoms with E-state index in [1.807, 2.05) is 0 Å². The number of aromatic nitrogens is 2. The number of benzene rings is 1. The molecule has 0 aliphatic rings. The number of amides is 1. The molecule has 2 aromatic rings. The smallest absolute Gasteiger partial charge is 0.409 e. The zero-order chi connectivity index (χ0) is 10.1. The van der Waals surface area contributed by atoms with Gasteiger partial charge in [0.05, 0.1) is 5.52 Å². The van der Waals surface area contributed by atoms with Crippen molar-refractivity contribution in [3.05, 3.63) is 21.9 Å². The summed E-state index contributed by atoms with van der Waals surface area (Å²) in [6.45, 7) is 0. The molecule has 6 heteroatoms. The Kier molecular flexibility index (Phi) is 2.28. The van der Waals surface area contributed by atoms with E-state index < -0.39 is 6.09 Å². The summed E-state index contributed by atoms with van der Waals surface area (Å²) in [5, 5.41) is 18.6. The Morgan fingerprint density at radius 3 is 3.07 bits per heavy atom. The highest BCUT2D eigenvalue weighted by Gasteiger charge is 2.04. The average molecular weight is 303 g/mol. The molecular formula is C8H6IN3O2. The van der Waals surface area contributed by atoms with Crippen molar-refractivity contribution < 1.29 is 9.90 Å². The third-order valence-corrected chi connectivity index (χ3v) is 2.59. The van der Waals surface area contributed by atoms with Gasteiger partial charge in [-0.15, -0.1) is 0 Å². The van der Waals surface area contributed by atoms with Crippen molar-refractivity contribution in [1.29, 1.82) is 0 Å². The number of carboxylic acid groups (broad SMARTS) is 1. The second kappa shape index (κ2) is 3.45. The summed E-state index contributed by atoms with van der Waals surface area (Å²) in [6, 6.07) is 5.22. The maximum Gasteiger partial charge on any atom is 0.409 e. The fourth-order valence-corrected chi connectivity index (χ4v) is 1.75. The number of aromatic amines is 1. The number of H-pyrrole nitrogens is 1. The third-order valence-electron chi connectivity index (χ3n) is 1.77. The van der Waals surface area contributed by atoms with Gasteiger partial charge in [0.1, 0.15) is 3.70 Å². The number of nitrogens with zero attached hydrogens (tertiary/aromatic N) is 1. The number of fused-ring (bicyclic) bond motifs is 1. The van der Waals surface area contributed by atoms with E-state index in [-0.39, 0.29) is 0 Å². The first kappa shape index (κ1) is 9.25. The molecule has 0 saturated heterocycles. The summed E-state index contributed by atoms with van der Waals surface area (Å²) >= 11 is 2.09. The zero-order valence-electron chi connectivity index (χ0n) is 6.91. The molecule has 1 aromatic heterocycles. The SMILES string of the molecule is O=C(O)Nc1ccc2[nH]nc(I)c2c1. The van der Waals surface area contributed by atoms with Gasteiger partial charge in [-0.2, -0.15) is 5.10 Å². The fourth-order valence-electron chi connectivity index (χ4n) is 1.18. The lowest BCUT2D eigenvalue weighted by Gasteiger charge is -1.99. The van der Waals surface area contributed by atoms with Gasteiger partial charge in [-0.1, -0.05) is 0 Å². The fraction of sp³-hybridized carbons (Fsp3) is 0. The number of halogens is 1. The second-order valence-electron chi connectivity index (χ2n) is 2.70. The summed E-state index contributed by atoms with van der Waals surface area (Å²) in [4.78, 5) is 10.4. The van der Waals surface area contributed by atoms with E-state index in [4.69, 9.17) is 5.11 Å². The lowest BCUT2D eigenvalue weighted by molar-refractivity contribution is 0.210. The average Bonchev–Trinajstić information content (AvgIpc) is 2.47. The molecule has 1 heterocycles. The number of nitrogens with one attached hydrogen (secondary N) is 2. The van der Waals surface area contributed by atoms with Gasteiger partial charge in [0.25, 0.3) is 0 Å². The van der Waals surface area contributed by atoms with Crippen LogP contribution in [0.3, 0.4) is 0 Å². The van der Waals surface area contributed by atoms with Crippen LogP contribution in [0.15, 0.2) is 18.2 Å². The van der Waals surface area contributed by atoms with Crippen molar-refractivity contribution in [2.24, 2.45) is 0 Å². The van der Waals surface area contributed by atoms with Crippen LogP contribution in [-0.2, 0) is 0 Å². The van der Waals surface area contributed by atoms with E-state index in [9.17, 15) is 4.79 Å². The van der Waals surface area contributed by atoms with Gasteiger partial charge in [0.2, 0.25) is 0 Å². The Hall–Kier alpha value is -1.31. The van der Waals surface area contributed by atoms with Crippen LogP contribution in [0.25, 0.3) is 10.9 Å². The molecule has 0 saturated carbocycles. The van der Waals surface area contributed by atoms with Gasteiger partial charge in [0.15, 0.2) is 0 Å². The molecule has 2 rings (SSSR count). The number of rotatable bonds is 1. The van der Waals surface area contributed by atoms with E-state index >= 15 is 0 Å². The van der Waals surface area contributed by atoms with E-state index in [2.05, 4.69) is 38.1 Å². The molecule has 72 valence electrons. The van der Waals surface area contributed by atoms with Gasteiger partial charge in [0, 0.05) is 11.1 Å². The minimum absolute atomic E-state index is 0.546.